The van der Waals surface area contributed by atoms with E-state index in [0.29, 0.717) is 36.4 Å². The maximum absolute atomic E-state index is 12.8. The molecule has 1 aliphatic heterocycles. The van der Waals surface area contributed by atoms with Crippen LogP contribution in [0, 0.1) is 17.8 Å². The first-order chi connectivity index (χ1) is 13.0. The highest BCUT2D eigenvalue weighted by Crippen LogP contribution is 2.47. The van der Waals surface area contributed by atoms with Crippen molar-refractivity contribution in [2.45, 2.75) is 56.0 Å². The zero-order valence-corrected chi connectivity index (χ0v) is 17.7. The molecule has 1 aromatic carbocycles. The first-order valence-corrected chi connectivity index (χ1v) is 11.5. The highest BCUT2D eigenvalue weighted by molar-refractivity contribution is 7.89. The zero-order chi connectivity index (χ0) is 19.0. The highest BCUT2D eigenvalue weighted by atomic mass is 35.5. The molecular formula is C20H30ClN3O3S. The fraction of sp³-hybridized carbons (Fsp3) is 0.650. The Labute approximate surface area is 173 Å². The van der Waals surface area contributed by atoms with Gasteiger partial charge in [0.2, 0.25) is 15.9 Å². The number of rotatable bonds is 5. The second kappa shape index (κ2) is 8.69. The van der Waals surface area contributed by atoms with Crippen molar-refractivity contribution in [1.82, 2.24) is 9.62 Å². The predicted molar refractivity (Wildman–Crippen MR) is 110 cm³/mol. The molecule has 4 atom stereocenters. The predicted octanol–water partition coefficient (Wildman–Crippen LogP) is 2.27. The Kier molecular flexibility index (Phi) is 6.69. The molecule has 28 heavy (non-hydrogen) atoms. The first-order valence-electron chi connectivity index (χ1n) is 10.1. The lowest BCUT2D eigenvalue weighted by Gasteiger charge is -2.27. The van der Waals surface area contributed by atoms with Gasteiger partial charge in [-0.15, -0.1) is 12.4 Å². The van der Waals surface area contributed by atoms with E-state index in [2.05, 4.69) is 5.32 Å². The van der Waals surface area contributed by atoms with E-state index in [1.807, 2.05) is 6.07 Å². The van der Waals surface area contributed by atoms with Gasteiger partial charge in [-0.05, 0) is 61.6 Å². The van der Waals surface area contributed by atoms with E-state index in [0.717, 1.165) is 44.1 Å². The molecule has 4 rings (SSSR count). The molecule has 4 unspecified atom stereocenters. The third-order valence-corrected chi connectivity index (χ3v) is 8.50. The number of nitrogens with two attached hydrogens (primary N) is 1. The first kappa shape index (κ1) is 21.6. The molecule has 1 heterocycles. The maximum Gasteiger partial charge on any atom is 0.243 e. The summed E-state index contributed by atoms with van der Waals surface area (Å²) in [7, 11) is -3.45. The summed E-state index contributed by atoms with van der Waals surface area (Å²) in [6.45, 7) is 1.51. The molecule has 2 saturated carbocycles. The number of halogens is 1. The van der Waals surface area contributed by atoms with Crippen molar-refractivity contribution in [1.29, 1.82) is 0 Å². The van der Waals surface area contributed by atoms with E-state index >= 15 is 0 Å². The van der Waals surface area contributed by atoms with Crippen molar-refractivity contribution >= 4 is 28.3 Å². The molecule has 3 aliphatic rings. The van der Waals surface area contributed by atoms with Crippen molar-refractivity contribution in [3.8, 4) is 0 Å². The van der Waals surface area contributed by atoms with Gasteiger partial charge < -0.3 is 11.1 Å². The number of hydrogen-bond donors (Lipinski definition) is 2. The Morgan fingerprint density at radius 2 is 1.86 bits per heavy atom. The van der Waals surface area contributed by atoms with Crippen LogP contribution in [-0.4, -0.2) is 37.8 Å². The number of carbonyl (C=O) groups is 1. The van der Waals surface area contributed by atoms with E-state index in [-0.39, 0.29) is 30.3 Å². The summed E-state index contributed by atoms with van der Waals surface area (Å²) in [5.41, 5.74) is 7.06. The molecule has 3 fully saturated rings. The van der Waals surface area contributed by atoms with Crippen LogP contribution in [0.2, 0.25) is 0 Å². The molecule has 0 radical (unpaired) electrons. The fourth-order valence-corrected chi connectivity index (χ4v) is 6.69. The molecule has 0 spiro atoms. The average molecular weight is 428 g/mol. The Balaban J connectivity index is 0.00000225. The van der Waals surface area contributed by atoms with Gasteiger partial charge >= 0.3 is 0 Å². The van der Waals surface area contributed by atoms with E-state index < -0.39 is 10.0 Å². The van der Waals surface area contributed by atoms with Crippen molar-refractivity contribution in [3.63, 3.8) is 0 Å². The van der Waals surface area contributed by atoms with Gasteiger partial charge in [0, 0.05) is 25.7 Å². The molecule has 6 nitrogen and oxygen atoms in total. The normalized spacial score (nSPS) is 30.0. The van der Waals surface area contributed by atoms with Crippen LogP contribution in [0.1, 0.15) is 44.1 Å². The minimum Gasteiger partial charge on any atom is -0.352 e. The number of sulfonamides is 1. The molecule has 0 aromatic heterocycles. The molecule has 1 amide bonds. The van der Waals surface area contributed by atoms with E-state index in [1.54, 1.807) is 22.5 Å². The number of fused-ring (bicyclic) bond motifs is 2. The largest absolute Gasteiger partial charge is 0.352 e. The molecule has 1 aromatic rings. The third kappa shape index (κ3) is 4.08. The summed E-state index contributed by atoms with van der Waals surface area (Å²) in [6, 6.07) is 6.90. The van der Waals surface area contributed by atoms with Crippen LogP contribution < -0.4 is 11.1 Å². The maximum atomic E-state index is 12.8. The lowest BCUT2D eigenvalue weighted by Crippen LogP contribution is -2.45. The minimum absolute atomic E-state index is 0. The fourth-order valence-electron chi connectivity index (χ4n) is 5.10. The minimum atomic E-state index is -3.45. The van der Waals surface area contributed by atoms with Gasteiger partial charge in [0.25, 0.3) is 0 Å². The van der Waals surface area contributed by atoms with Crippen molar-refractivity contribution < 1.29 is 13.2 Å². The zero-order valence-electron chi connectivity index (χ0n) is 16.0. The van der Waals surface area contributed by atoms with Gasteiger partial charge in [-0.3, -0.25) is 4.79 Å². The molecule has 2 bridgehead atoms. The van der Waals surface area contributed by atoms with Gasteiger partial charge in [-0.1, -0.05) is 18.6 Å². The number of benzene rings is 1. The van der Waals surface area contributed by atoms with Crippen LogP contribution in [0.25, 0.3) is 0 Å². The van der Waals surface area contributed by atoms with Gasteiger partial charge in [-0.25, -0.2) is 8.42 Å². The van der Waals surface area contributed by atoms with Crippen LogP contribution in [0.15, 0.2) is 29.2 Å². The van der Waals surface area contributed by atoms with Crippen LogP contribution in [0.5, 0.6) is 0 Å². The number of nitrogens with one attached hydrogen (secondary N) is 1. The van der Waals surface area contributed by atoms with E-state index in [9.17, 15) is 13.2 Å². The standard InChI is InChI=1S/C20H29N3O3S.ClH/c21-19-16-8-7-15(12-16)18(19)20(24)22-13-14-5-4-6-17(11-14)27(25,26)23-9-2-1-3-10-23;/h4-6,11,15-16,18-19H,1-3,7-10,12-13,21H2,(H,22,24);1H. The summed E-state index contributed by atoms with van der Waals surface area (Å²) >= 11 is 0. The lowest BCUT2D eigenvalue weighted by molar-refractivity contribution is -0.127. The molecule has 2 aliphatic carbocycles. The molecular weight excluding hydrogens is 398 g/mol. The Bertz CT molecular complexity index is 809. The topological polar surface area (TPSA) is 92.5 Å². The number of piperidine rings is 1. The van der Waals surface area contributed by atoms with Gasteiger partial charge in [-0.2, -0.15) is 4.31 Å². The Hall–Kier alpha value is -1.15. The van der Waals surface area contributed by atoms with Crippen LogP contribution in [0.3, 0.4) is 0 Å². The highest BCUT2D eigenvalue weighted by Gasteiger charge is 2.48. The van der Waals surface area contributed by atoms with Gasteiger partial charge in [0.05, 0.1) is 10.8 Å². The quantitative estimate of drug-likeness (QED) is 0.753. The second-order valence-electron chi connectivity index (χ2n) is 8.27. The van der Waals surface area contributed by atoms with Gasteiger partial charge in [0.1, 0.15) is 0 Å². The molecule has 156 valence electrons. The Morgan fingerprint density at radius 3 is 2.54 bits per heavy atom. The third-order valence-electron chi connectivity index (χ3n) is 6.60. The smallest absolute Gasteiger partial charge is 0.243 e. The second-order valence-corrected chi connectivity index (χ2v) is 10.2. The summed E-state index contributed by atoms with van der Waals surface area (Å²) in [5, 5.41) is 2.99. The number of amides is 1. The van der Waals surface area contributed by atoms with Crippen LogP contribution in [0.4, 0.5) is 0 Å². The monoisotopic (exact) mass is 427 g/mol. The summed E-state index contributed by atoms with van der Waals surface area (Å²) < 4.78 is 27.2. The SMILES string of the molecule is Cl.NC1C2CCC(C2)C1C(=O)NCc1cccc(S(=O)(=O)N2CCCCC2)c1. The number of hydrogen-bond acceptors (Lipinski definition) is 4. The van der Waals surface area contributed by atoms with E-state index in [4.69, 9.17) is 5.73 Å². The lowest BCUT2D eigenvalue weighted by atomic mass is 9.84. The van der Waals surface area contributed by atoms with Crippen LogP contribution >= 0.6 is 12.4 Å². The van der Waals surface area contributed by atoms with E-state index in [1.165, 1.54) is 0 Å². The number of nitrogens with zero attached hydrogens (tertiary/aromatic N) is 1. The van der Waals surface area contributed by atoms with Gasteiger partial charge in [0.15, 0.2) is 0 Å². The molecule has 1 saturated heterocycles. The average Bonchev–Trinajstić information content (AvgIpc) is 3.28. The molecule has 8 heteroatoms. The summed E-state index contributed by atoms with van der Waals surface area (Å²) in [5.74, 6) is 0.822. The summed E-state index contributed by atoms with van der Waals surface area (Å²) in [6.07, 6.45) is 6.23. The van der Waals surface area contributed by atoms with Crippen molar-refractivity contribution in [2.75, 3.05) is 13.1 Å². The van der Waals surface area contributed by atoms with Crippen LogP contribution in [-0.2, 0) is 21.4 Å². The Morgan fingerprint density at radius 1 is 1.14 bits per heavy atom. The summed E-state index contributed by atoms with van der Waals surface area (Å²) in [4.78, 5) is 12.9. The number of carbonyl (C=O) groups excluding carboxylic acids is 1. The van der Waals surface area contributed by atoms with Crippen molar-refractivity contribution in [3.05, 3.63) is 29.8 Å². The molecule has 3 N–H and O–H groups in total. The van der Waals surface area contributed by atoms with Crippen molar-refractivity contribution in [2.24, 2.45) is 23.5 Å².